The number of esters is 2. The molecule has 0 aliphatic carbocycles. The molecule has 0 amide bonds. The summed E-state index contributed by atoms with van der Waals surface area (Å²) in [6.07, 6.45) is -5.92. The minimum absolute atomic E-state index is 0.0516. The molecule has 11 heteroatoms. The van der Waals surface area contributed by atoms with Crippen LogP contribution in [0.1, 0.15) is 18.1 Å². The van der Waals surface area contributed by atoms with E-state index in [2.05, 4.69) is 0 Å². The highest BCUT2D eigenvalue weighted by molar-refractivity contribution is 5.74. The summed E-state index contributed by atoms with van der Waals surface area (Å²) < 4.78 is 22.5. The lowest BCUT2D eigenvalue weighted by atomic mass is 9.98. The second kappa shape index (κ2) is 13.9. The monoisotopic (exact) mass is 532 g/mol. The molecule has 0 spiro atoms. The standard InChI is InChI=1S/C27H32O11/c1-16(9-10-28)15-35-27-26(38-23(33)13-18-7-8-19(30)20(31)11-18)25(24(34)21(14-29)36-27)37-22(32)12-17-5-3-2-4-6-17/h2-9,11,21,24-31,34H,10,12-15H2,1H3/b16-9+/t21-,24-,25+,26-,27-/m1/s1. The number of aromatic hydroxyl groups is 2. The molecule has 3 rings (SSSR count). The van der Waals surface area contributed by atoms with E-state index in [0.717, 1.165) is 0 Å². The lowest BCUT2D eigenvalue weighted by Crippen LogP contribution is -2.62. The number of ether oxygens (including phenoxy) is 4. The number of phenolic OH excluding ortho intramolecular Hbond substituents is 2. The normalized spacial score (nSPS) is 23.6. The number of carbonyl (C=O) groups excluding carboxylic acids is 2. The predicted molar refractivity (Wildman–Crippen MR) is 132 cm³/mol. The Kier molecular flexibility index (Phi) is 10.6. The Morgan fingerprint density at radius 3 is 2.21 bits per heavy atom. The van der Waals surface area contributed by atoms with Crippen LogP contribution >= 0.6 is 0 Å². The molecule has 5 atom stereocenters. The van der Waals surface area contributed by atoms with Crippen molar-refractivity contribution in [2.24, 2.45) is 0 Å². The topological polar surface area (TPSA) is 172 Å². The summed E-state index contributed by atoms with van der Waals surface area (Å²) in [5, 5.41) is 48.9. The van der Waals surface area contributed by atoms with E-state index in [9.17, 15) is 30.0 Å². The lowest BCUT2D eigenvalue weighted by Gasteiger charge is -2.42. The van der Waals surface area contributed by atoms with Crippen molar-refractivity contribution < 1.29 is 54.1 Å². The van der Waals surface area contributed by atoms with E-state index in [0.29, 0.717) is 16.7 Å². The molecule has 1 fully saturated rings. The van der Waals surface area contributed by atoms with Crippen molar-refractivity contribution in [1.29, 1.82) is 0 Å². The quantitative estimate of drug-likeness (QED) is 0.157. The van der Waals surface area contributed by atoms with Crippen LogP contribution in [-0.2, 0) is 41.4 Å². The third kappa shape index (κ3) is 8.01. The van der Waals surface area contributed by atoms with Gasteiger partial charge in [0.1, 0.15) is 12.2 Å². The van der Waals surface area contributed by atoms with Gasteiger partial charge in [-0.05, 0) is 35.8 Å². The minimum Gasteiger partial charge on any atom is -0.504 e. The first-order valence-corrected chi connectivity index (χ1v) is 12.0. The van der Waals surface area contributed by atoms with E-state index < -0.39 is 55.0 Å². The first kappa shape index (κ1) is 29.1. The summed E-state index contributed by atoms with van der Waals surface area (Å²) >= 11 is 0. The van der Waals surface area contributed by atoms with Crippen LogP contribution < -0.4 is 0 Å². The van der Waals surface area contributed by atoms with Gasteiger partial charge in [-0.25, -0.2) is 0 Å². The Labute approximate surface area is 219 Å². The minimum atomic E-state index is -1.55. The molecule has 0 saturated carbocycles. The van der Waals surface area contributed by atoms with E-state index in [-0.39, 0.29) is 31.8 Å². The fourth-order valence-electron chi connectivity index (χ4n) is 3.86. The Hall–Kier alpha value is -3.48. The molecular formula is C27H32O11. The van der Waals surface area contributed by atoms with Gasteiger partial charge < -0.3 is 44.5 Å². The number of phenols is 2. The van der Waals surface area contributed by atoms with Crippen LogP contribution in [0.2, 0.25) is 0 Å². The zero-order valence-electron chi connectivity index (χ0n) is 20.8. The van der Waals surface area contributed by atoms with Crippen molar-refractivity contribution in [3.8, 4) is 11.5 Å². The summed E-state index contributed by atoms with van der Waals surface area (Å²) in [4.78, 5) is 25.6. The first-order chi connectivity index (χ1) is 18.2. The second-order valence-electron chi connectivity index (χ2n) is 8.83. The number of carbonyl (C=O) groups is 2. The molecule has 0 radical (unpaired) electrons. The molecular weight excluding hydrogens is 500 g/mol. The van der Waals surface area contributed by atoms with Crippen LogP contribution in [0.25, 0.3) is 0 Å². The Morgan fingerprint density at radius 1 is 0.921 bits per heavy atom. The molecule has 5 N–H and O–H groups in total. The summed E-state index contributed by atoms with van der Waals surface area (Å²) in [7, 11) is 0. The predicted octanol–water partition coefficient (Wildman–Crippen LogP) is 0.740. The summed E-state index contributed by atoms with van der Waals surface area (Å²) in [5.74, 6) is -2.30. The molecule has 0 bridgehead atoms. The van der Waals surface area contributed by atoms with E-state index in [1.54, 1.807) is 37.3 Å². The van der Waals surface area contributed by atoms with Crippen molar-refractivity contribution >= 4 is 11.9 Å². The molecule has 1 aliphatic heterocycles. The zero-order chi connectivity index (χ0) is 27.7. The first-order valence-electron chi connectivity index (χ1n) is 12.0. The number of aliphatic hydroxyl groups is 3. The molecule has 1 aliphatic rings. The third-order valence-electron chi connectivity index (χ3n) is 5.83. The van der Waals surface area contributed by atoms with E-state index in [1.807, 2.05) is 0 Å². The van der Waals surface area contributed by atoms with Crippen LogP contribution in [0.4, 0.5) is 0 Å². The number of hydrogen-bond donors (Lipinski definition) is 5. The molecule has 2 aromatic carbocycles. The zero-order valence-corrected chi connectivity index (χ0v) is 20.8. The average Bonchev–Trinajstić information content (AvgIpc) is 2.88. The SMILES string of the molecule is C/C(=C\CO)CO[C@@H]1O[C@H](CO)[C@@H](O)[C@H](OC(=O)Cc2ccccc2)[C@H]1OC(=O)Cc1ccc(O)c(O)c1. The van der Waals surface area contributed by atoms with Crippen LogP contribution in [0.3, 0.4) is 0 Å². The smallest absolute Gasteiger partial charge is 0.310 e. The highest BCUT2D eigenvalue weighted by atomic mass is 16.7. The maximum atomic E-state index is 12.8. The molecule has 0 aromatic heterocycles. The van der Waals surface area contributed by atoms with Gasteiger partial charge in [0.2, 0.25) is 0 Å². The fraction of sp³-hybridized carbons (Fsp3) is 0.407. The van der Waals surface area contributed by atoms with Crippen LogP contribution in [0, 0.1) is 0 Å². The molecule has 2 aromatic rings. The highest BCUT2D eigenvalue weighted by Crippen LogP contribution is 2.29. The lowest BCUT2D eigenvalue weighted by molar-refractivity contribution is -0.304. The maximum Gasteiger partial charge on any atom is 0.310 e. The summed E-state index contributed by atoms with van der Waals surface area (Å²) in [6, 6.07) is 12.6. The molecule has 11 nitrogen and oxygen atoms in total. The molecule has 1 heterocycles. The molecule has 38 heavy (non-hydrogen) atoms. The molecule has 206 valence electrons. The van der Waals surface area contributed by atoms with E-state index in [4.69, 9.17) is 24.1 Å². The fourth-order valence-corrected chi connectivity index (χ4v) is 3.86. The summed E-state index contributed by atoms with van der Waals surface area (Å²) in [5.41, 5.74) is 1.62. The Balaban J connectivity index is 1.83. The largest absolute Gasteiger partial charge is 0.504 e. The van der Waals surface area contributed by atoms with Gasteiger partial charge in [-0.2, -0.15) is 0 Å². The third-order valence-corrected chi connectivity index (χ3v) is 5.83. The number of hydrogen-bond acceptors (Lipinski definition) is 11. The van der Waals surface area contributed by atoms with Crippen molar-refractivity contribution in [1.82, 2.24) is 0 Å². The number of rotatable bonds is 11. The van der Waals surface area contributed by atoms with Crippen LogP contribution in [0.15, 0.2) is 60.2 Å². The number of benzene rings is 2. The van der Waals surface area contributed by atoms with E-state index in [1.165, 1.54) is 24.3 Å². The van der Waals surface area contributed by atoms with Crippen molar-refractivity contribution in [2.75, 3.05) is 19.8 Å². The average molecular weight is 533 g/mol. The highest BCUT2D eigenvalue weighted by Gasteiger charge is 2.50. The Bertz CT molecular complexity index is 1100. The van der Waals surface area contributed by atoms with Gasteiger partial charge >= 0.3 is 11.9 Å². The second-order valence-corrected chi connectivity index (χ2v) is 8.83. The van der Waals surface area contributed by atoms with Crippen molar-refractivity contribution in [3.63, 3.8) is 0 Å². The van der Waals surface area contributed by atoms with Gasteiger partial charge in [0.25, 0.3) is 0 Å². The van der Waals surface area contributed by atoms with E-state index >= 15 is 0 Å². The molecule has 1 saturated heterocycles. The van der Waals surface area contributed by atoms with Gasteiger partial charge in [0, 0.05) is 0 Å². The van der Waals surface area contributed by atoms with Gasteiger partial charge in [-0.15, -0.1) is 0 Å². The molecule has 0 unspecified atom stereocenters. The van der Waals surface area contributed by atoms with Crippen molar-refractivity contribution in [3.05, 3.63) is 71.3 Å². The van der Waals surface area contributed by atoms with Gasteiger partial charge in [-0.1, -0.05) is 42.5 Å². The summed E-state index contributed by atoms with van der Waals surface area (Å²) in [6.45, 7) is 0.778. The number of aliphatic hydroxyl groups excluding tert-OH is 3. The Morgan fingerprint density at radius 2 is 1.58 bits per heavy atom. The maximum absolute atomic E-state index is 12.8. The van der Waals surface area contributed by atoms with Crippen LogP contribution in [-0.4, -0.2) is 88.0 Å². The van der Waals surface area contributed by atoms with Crippen molar-refractivity contribution in [2.45, 2.75) is 50.5 Å². The van der Waals surface area contributed by atoms with Crippen LogP contribution in [0.5, 0.6) is 11.5 Å². The van der Waals surface area contributed by atoms with Gasteiger partial charge in [0.05, 0.1) is 32.7 Å². The van der Waals surface area contributed by atoms with Gasteiger partial charge in [-0.3, -0.25) is 9.59 Å². The van der Waals surface area contributed by atoms with Gasteiger partial charge in [0.15, 0.2) is 30.0 Å².